The molecule has 2 N–H and O–H groups in total. The van der Waals surface area contributed by atoms with Crippen LogP contribution in [-0.2, 0) is 9.59 Å². The molecule has 0 spiro atoms. The highest BCUT2D eigenvalue weighted by atomic mass is 79.9. The second-order valence-corrected chi connectivity index (χ2v) is 7.40. The summed E-state index contributed by atoms with van der Waals surface area (Å²) in [5, 5.41) is 20.0. The van der Waals surface area contributed by atoms with Crippen LogP contribution in [0.5, 0.6) is 0 Å². The number of hydrogen-bond donors (Lipinski definition) is 2. The molecule has 0 saturated carbocycles. The number of likely N-dealkylation sites (tertiary alicyclic amines) is 1. The van der Waals surface area contributed by atoms with Gasteiger partial charge in [0, 0.05) is 23.2 Å². The molecule has 1 fully saturated rings. The Kier molecular flexibility index (Phi) is 5.77. The van der Waals surface area contributed by atoms with Crippen molar-refractivity contribution in [1.29, 1.82) is 0 Å². The van der Waals surface area contributed by atoms with E-state index in [1.54, 1.807) is 12.1 Å². The van der Waals surface area contributed by atoms with Crippen LogP contribution in [0, 0.1) is 6.92 Å². The molecule has 3 rings (SSSR count). The molecule has 1 aliphatic heterocycles. The van der Waals surface area contributed by atoms with Gasteiger partial charge in [0.1, 0.15) is 5.76 Å². The van der Waals surface area contributed by atoms with E-state index >= 15 is 0 Å². The van der Waals surface area contributed by atoms with Crippen molar-refractivity contribution < 1.29 is 19.8 Å². The van der Waals surface area contributed by atoms with Crippen molar-refractivity contribution in [3.8, 4) is 0 Å². The van der Waals surface area contributed by atoms with Gasteiger partial charge in [-0.3, -0.25) is 9.59 Å². The first-order valence-corrected chi connectivity index (χ1v) is 9.45. The largest absolute Gasteiger partial charge is 0.507 e. The number of amides is 1. The van der Waals surface area contributed by atoms with Crippen LogP contribution in [-0.4, -0.2) is 40.0 Å². The number of aliphatic hydroxyl groups excluding tert-OH is 2. The number of aryl methyl sites for hydroxylation is 1. The molecule has 1 unspecified atom stereocenters. The van der Waals surface area contributed by atoms with Crippen LogP contribution < -0.4 is 0 Å². The lowest BCUT2D eigenvalue weighted by atomic mass is 9.95. The third-order valence-corrected chi connectivity index (χ3v) is 5.14. The molecular weight excluding hydrogens is 410 g/mol. The summed E-state index contributed by atoms with van der Waals surface area (Å²) in [6, 6.07) is 13.7. The van der Waals surface area contributed by atoms with Gasteiger partial charge >= 0.3 is 0 Å². The van der Waals surface area contributed by atoms with Crippen molar-refractivity contribution in [1.82, 2.24) is 4.90 Å². The number of nitrogens with zero attached hydrogens (tertiary/aromatic N) is 1. The van der Waals surface area contributed by atoms with E-state index in [0.29, 0.717) is 12.0 Å². The number of benzene rings is 2. The summed E-state index contributed by atoms with van der Waals surface area (Å²) in [6.07, 6.45) is 0.352. The molecule has 1 atom stereocenters. The molecule has 0 aliphatic carbocycles. The molecule has 5 nitrogen and oxygen atoms in total. The van der Waals surface area contributed by atoms with Gasteiger partial charge in [-0.1, -0.05) is 57.9 Å². The average Bonchev–Trinajstić information content (AvgIpc) is 2.91. The summed E-state index contributed by atoms with van der Waals surface area (Å²) in [4.78, 5) is 26.8. The summed E-state index contributed by atoms with van der Waals surface area (Å²) >= 11 is 3.38. The minimum absolute atomic E-state index is 0.0733. The number of ketones is 1. The van der Waals surface area contributed by atoms with Crippen molar-refractivity contribution in [3.63, 3.8) is 0 Å². The van der Waals surface area contributed by atoms with E-state index in [2.05, 4.69) is 15.9 Å². The number of halogens is 1. The van der Waals surface area contributed by atoms with Crippen LogP contribution in [0.1, 0.15) is 29.2 Å². The molecule has 1 aliphatic rings. The SMILES string of the molecule is Cc1ccc(/C(O)=C2/C(=O)C(=O)N(CCCO)C2c2ccc(Br)cc2)cc1. The number of hydrogen-bond acceptors (Lipinski definition) is 4. The van der Waals surface area contributed by atoms with E-state index in [-0.39, 0.29) is 24.5 Å². The molecule has 2 aromatic rings. The van der Waals surface area contributed by atoms with Gasteiger partial charge in [0.25, 0.3) is 11.7 Å². The lowest BCUT2D eigenvalue weighted by Crippen LogP contribution is -2.31. The summed E-state index contributed by atoms with van der Waals surface area (Å²) in [5.74, 6) is -1.56. The summed E-state index contributed by atoms with van der Waals surface area (Å²) in [6.45, 7) is 2.07. The van der Waals surface area contributed by atoms with Crippen molar-refractivity contribution in [2.24, 2.45) is 0 Å². The van der Waals surface area contributed by atoms with Gasteiger partial charge in [-0.05, 0) is 31.0 Å². The molecule has 0 bridgehead atoms. The van der Waals surface area contributed by atoms with Crippen LogP contribution >= 0.6 is 15.9 Å². The van der Waals surface area contributed by atoms with Gasteiger partial charge in [0.15, 0.2) is 0 Å². The molecule has 27 heavy (non-hydrogen) atoms. The van der Waals surface area contributed by atoms with Crippen molar-refractivity contribution in [2.75, 3.05) is 13.2 Å². The van der Waals surface area contributed by atoms with Crippen molar-refractivity contribution >= 4 is 33.4 Å². The van der Waals surface area contributed by atoms with Gasteiger partial charge < -0.3 is 15.1 Å². The third-order valence-electron chi connectivity index (χ3n) is 4.61. The fourth-order valence-corrected chi connectivity index (χ4v) is 3.47. The smallest absolute Gasteiger partial charge is 0.295 e. The van der Waals surface area contributed by atoms with E-state index in [1.807, 2.05) is 43.3 Å². The Morgan fingerprint density at radius 2 is 1.70 bits per heavy atom. The lowest BCUT2D eigenvalue weighted by Gasteiger charge is -2.25. The standard InChI is InChI=1S/C21H20BrNO4/c1-13-3-5-15(6-4-13)19(25)17-18(14-7-9-16(22)10-8-14)23(11-2-12-24)21(27)20(17)26/h3-10,18,24-25H,2,11-12H2,1H3/b19-17-. The minimum atomic E-state index is -0.709. The second kappa shape index (κ2) is 8.06. The monoisotopic (exact) mass is 429 g/mol. The first-order chi connectivity index (χ1) is 12.9. The third kappa shape index (κ3) is 3.82. The zero-order valence-electron chi connectivity index (χ0n) is 14.9. The number of carbonyl (C=O) groups is 2. The molecule has 140 valence electrons. The van der Waals surface area contributed by atoms with Gasteiger partial charge in [-0.2, -0.15) is 0 Å². The van der Waals surface area contributed by atoms with Crippen LogP contribution in [0.3, 0.4) is 0 Å². The number of Topliss-reactive ketones (excluding diaryl/α,β-unsaturated/α-hetero) is 1. The van der Waals surface area contributed by atoms with Gasteiger partial charge in [-0.15, -0.1) is 0 Å². The molecular formula is C21H20BrNO4. The summed E-state index contributed by atoms with van der Waals surface area (Å²) in [5.41, 5.74) is 2.32. The van der Waals surface area contributed by atoms with Crippen LogP contribution in [0.25, 0.3) is 5.76 Å². The highest BCUT2D eigenvalue weighted by Gasteiger charge is 2.45. The highest BCUT2D eigenvalue weighted by molar-refractivity contribution is 9.10. The number of rotatable bonds is 5. The van der Waals surface area contributed by atoms with E-state index < -0.39 is 17.7 Å². The maximum atomic E-state index is 12.7. The van der Waals surface area contributed by atoms with E-state index in [0.717, 1.165) is 15.6 Å². The Morgan fingerprint density at radius 1 is 1.07 bits per heavy atom. The van der Waals surface area contributed by atoms with Crippen LogP contribution in [0.4, 0.5) is 0 Å². The first-order valence-electron chi connectivity index (χ1n) is 8.66. The number of aliphatic hydroxyl groups is 2. The molecule has 1 amide bonds. The maximum Gasteiger partial charge on any atom is 0.295 e. The van der Waals surface area contributed by atoms with Gasteiger partial charge in [-0.25, -0.2) is 0 Å². The normalized spacial score (nSPS) is 18.9. The highest BCUT2D eigenvalue weighted by Crippen LogP contribution is 2.39. The fourth-order valence-electron chi connectivity index (χ4n) is 3.21. The lowest BCUT2D eigenvalue weighted by molar-refractivity contribution is -0.140. The molecule has 2 aromatic carbocycles. The average molecular weight is 430 g/mol. The van der Waals surface area contributed by atoms with E-state index in [9.17, 15) is 14.7 Å². The Bertz CT molecular complexity index is 887. The molecule has 6 heteroatoms. The van der Waals surface area contributed by atoms with Crippen molar-refractivity contribution in [2.45, 2.75) is 19.4 Å². The predicted octanol–water partition coefficient (Wildman–Crippen LogP) is 3.56. The Morgan fingerprint density at radius 3 is 2.30 bits per heavy atom. The quantitative estimate of drug-likeness (QED) is 0.432. The zero-order valence-corrected chi connectivity index (χ0v) is 16.4. The first kappa shape index (κ1) is 19.3. The topological polar surface area (TPSA) is 77.8 Å². The van der Waals surface area contributed by atoms with E-state index in [1.165, 1.54) is 4.90 Å². The molecule has 0 aromatic heterocycles. The van der Waals surface area contributed by atoms with Crippen LogP contribution in [0.2, 0.25) is 0 Å². The Balaban J connectivity index is 2.14. The van der Waals surface area contributed by atoms with Crippen molar-refractivity contribution in [3.05, 3.63) is 75.3 Å². The predicted molar refractivity (Wildman–Crippen MR) is 106 cm³/mol. The van der Waals surface area contributed by atoms with Gasteiger partial charge in [0.2, 0.25) is 0 Å². The molecule has 1 saturated heterocycles. The summed E-state index contributed by atoms with van der Waals surface area (Å²) in [7, 11) is 0. The zero-order chi connectivity index (χ0) is 19.6. The second-order valence-electron chi connectivity index (χ2n) is 6.49. The summed E-state index contributed by atoms with van der Waals surface area (Å²) < 4.78 is 0.872. The fraction of sp³-hybridized carbons (Fsp3) is 0.238. The Labute approximate surface area is 166 Å². The van der Waals surface area contributed by atoms with Crippen LogP contribution in [0.15, 0.2) is 58.6 Å². The Hall–Kier alpha value is -2.44. The molecule has 1 heterocycles. The maximum absolute atomic E-state index is 12.7. The number of carbonyl (C=O) groups excluding carboxylic acids is 2. The van der Waals surface area contributed by atoms with E-state index in [4.69, 9.17) is 5.11 Å². The molecule has 0 radical (unpaired) electrons. The van der Waals surface area contributed by atoms with Gasteiger partial charge in [0.05, 0.1) is 11.6 Å². The minimum Gasteiger partial charge on any atom is -0.507 e.